The van der Waals surface area contributed by atoms with E-state index in [0.717, 1.165) is 24.0 Å². The maximum atomic E-state index is 12.8. The third kappa shape index (κ3) is 4.76. The van der Waals surface area contributed by atoms with Crippen LogP contribution in [-0.4, -0.2) is 40.4 Å². The number of hydrogen-bond donors (Lipinski definition) is 2. The summed E-state index contributed by atoms with van der Waals surface area (Å²) in [5, 5.41) is 12.2. The molecule has 0 saturated carbocycles. The Balaban J connectivity index is 1.69. The van der Waals surface area contributed by atoms with Crippen molar-refractivity contribution < 1.29 is 19.5 Å². The quantitative estimate of drug-likeness (QED) is 0.834. The van der Waals surface area contributed by atoms with Gasteiger partial charge in [0.2, 0.25) is 5.91 Å². The first-order valence-electron chi connectivity index (χ1n) is 9.43. The van der Waals surface area contributed by atoms with Gasteiger partial charge < -0.3 is 15.3 Å². The van der Waals surface area contributed by atoms with Gasteiger partial charge in [0.15, 0.2) is 0 Å². The van der Waals surface area contributed by atoms with E-state index >= 15 is 0 Å². The average molecular weight is 380 g/mol. The largest absolute Gasteiger partial charge is 0.480 e. The lowest BCUT2D eigenvalue weighted by Crippen LogP contribution is -2.48. The summed E-state index contributed by atoms with van der Waals surface area (Å²) < 4.78 is 0. The van der Waals surface area contributed by atoms with Crippen molar-refractivity contribution in [3.63, 3.8) is 0 Å². The molecule has 1 aliphatic heterocycles. The SMILES string of the molecule is Cc1ccc(CC(=O)Nc2cccc(C(=O)N3CCCCC3C(=O)O)c2)cc1. The smallest absolute Gasteiger partial charge is 0.326 e. The fourth-order valence-electron chi connectivity index (χ4n) is 3.42. The molecule has 2 N–H and O–H groups in total. The van der Waals surface area contributed by atoms with Crippen LogP contribution in [0.1, 0.15) is 40.7 Å². The van der Waals surface area contributed by atoms with Crippen LogP contribution in [0.3, 0.4) is 0 Å². The Morgan fingerprint density at radius 3 is 2.57 bits per heavy atom. The van der Waals surface area contributed by atoms with Crippen molar-refractivity contribution in [2.75, 3.05) is 11.9 Å². The highest BCUT2D eigenvalue weighted by Gasteiger charge is 2.32. The maximum absolute atomic E-state index is 12.8. The third-order valence-corrected chi connectivity index (χ3v) is 4.93. The highest BCUT2D eigenvalue weighted by Crippen LogP contribution is 2.21. The summed E-state index contributed by atoms with van der Waals surface area (Å²) in [4.78, 5) is 38.0. The summed E-state index contributed by atoms with van der Waals surface area (Å²) in [5.41, 5.74) is 2.94. The number of rotatable bonds is 5. The van der Waals surface area contributed by atoms with Gasteiger partial charge in [-0.1, -0.05) is 35.9 Å². The van der Waals surface area contributed by atoms with E-state index in [0.29, 0.717) is 24.2 Å². The highest BCUT2D eigenvalue weighted by atomic mass is 16.4. The van der Waals surface area contributed by atoms with E-state index in [1.165, 1.54) is 4.90 Å². The number of amides is 2. The van der Waals surface area contributed by atoms with Gasteiger partial charge in [-0.25, -0.2) is 4.79 Å². The van der Waals surface area contributed by atoms with Crippen LogP contribution in [0.4, 0.5) is 5.69 Å². The zero-order chi connectivity index (χ0) is 20.1. The lowest BCUT2D eigenvalue weighted by Gasteiger charge is -2.33. The van der Waals surface area contributed by atoms with Crippen molar-refractivity contribution in [3.05, 3.63) is 65.2 Å². The summed E-state index contributed by atoms with van der Waals surface area (Å²) in [7, 11) is 0. The Morgan fingerprint density at radius 2 is 1.86 bits per heavy atom. The van der Waals surface area contributed by atoms with Crippen molar-refractivity contribution in [2.45, 2.75) is 38.6 Å². The third-order valence-electron chi connectivity index (χ3n) is 4.93. The predicted molar refractivity (Wildman–Crippen MR) is 106 cm³/mol. The predicted octanol–water partition coefficient (Wildman–Crippen LogP) is 3.26. The molecular weight excluding hydrogens is 356 g/mol. The Morgan fingerprint density at radius 1 is 1.11 bits per heavy atom. The molecule has 1 heterocycles. The van der Waals surface area contributed by atoms with Gasteiger partial charge in [0.25, 0.3) is 5.91 Å². The van der Waals surface area contributed by atoms with E-state index in [1.807, 2.05) is 31.2 Å². The lowest BCUT2D eigenvalue weighted by molar-refractivity contribution is -0.143. The van der Waals surface area contributed by atoms with Crippen LogP contribution < -0.4 is 5.32 Å². The minimum absolute atomic E-state index is 0.171. The zero-order valence-corrected chi connectivity index (χ0v) is 15.9. The van der Waals surface area contributed by atoms with Crippen molar-refractivity contribution in [2.24, 2.45) is 0 Å². The van der Waals surface area contributed by atoms with Crippen LogP contribution in [0.25, 0.3) is 0 Å². The molecule has 0 spiro atoms. The number of aryl methyl sites for hydroxylation is 1. The van der Waals surface area contributed by atoms with Gasteiger partial charge in [-0.05, 0) is 49.9 Å². The van der Waals surface area contributed by atoms with Gasteiger partial charge >= 0.3 is 5.97 Å². The molecule has 3 rings (SSSR count). The number of nitrogens with one attached hydrogen (secondary N) is 1. The van der Waals surface area contributed by atoms with Crippen LogP contribution in [-0.2, 0) is 16.0 Å². The number of carbonyl (C=O) groups excluding carboxylic acids is 2. The average Bonchev–Trinajstić information content (AvgIpc) is 2.69. The number of nitrogens with zero attached hydrogens (tertiary/aromatic N) is 1. The van der Waals surface area contributed by atoms with Gasteiger partial charge in [-0.3, -0.25) is 9.59 Å². The maximum Gasteiger partial charge on any atom is 0.326 e. The van der Waals surface area contributed by atoms with Gasteiger partial charge in [0.1, 0.15) is 6.04 Å². The summed E-state index contributed by atoms with van der Waals surface area (Å²) >= 11 is 0. The normalized spacial score (nSPS) is 16.5. The van der Waals surface area contributed by atoms with Gasteiger partial charge in [0.05, 0.1) is 6.42 Å². The summed E-state index contributed by atoms with van der Waals surface area (Å²) in [6.45, 7) is 2.42. The molecule has 1 atom stereocenters. The van der Waals surface area contributed by atoms with Crippen LogP contribution in [0.15, 0.2) is 48.5 Å². The molecule has 6 nitrogen and oxygen atoms in total. The van der Waals surface area contributed by atoms with Crippen LogP contribution in [0, 0.1) is 6.92 Å². The zero-order valence-electron chi connectivity index (χ0n) is 15.9. The first-order valence-corrected chi connectivity index (χ1v) is 9.43. The second-order valence-electron chi connectivity index (χ2n) is 7.14. The molecule has 1 saturated heterocycles. The molecule has 1 unspecified atom stereocenters. The number of likely N-dealkylation sites (tertiary alicyclic amines) is 1. The van der Waals surface area contributed by atoms with E-state index < -0.39 is 12.0 Å². The summed E-state index contributed by atoms with van der Waals surface area (Å²) in [5.74, 6) is -1.47. The molecule has 6 heteroatoms. The number of anilines is 1. The second-order valence-corrected chi connectivity index (χ2v) is 7.14. The summed E-state index contributed by atoms with van der Waals surface area (Å²) in [6, 6.07) is 13.6. The Bertz CT molecular complexity index is 876. The number of piperidine rings is 1. The number of carboxylic acid groups (broad SMARTS) is 1. The molecule has 2 aromatic carbocycles. The van der Waals surface area contributed by atoms with Crippen molar-refractivity contribution in [1.29, 1.82) is 0 Å². The van der Waals surface area contributed by atoms with E-state index in [2.05, 4.69) is 5.32 Å². The Hall–Kier alpha value is -3.15. The molecule has 0 bridgehead atoms. The van der Waals surface area contributed by atoms with E-state index in [4.69, 9.17) is 0 Å². The Kier molecular flexibility index (Phi) is 6.09. The van der Waals surface area contributed by atoms with E-state index in [1.54, 1.807) is 24.3 Å². The minimum Gasteiger partial charge on any atom is -0.480 e. The fourth-order valence-corrected chi connectivity index (χ4v) is 3.42. The number of aliphatic carboxylic acids is 1. The molecule has 146 valence electrons. The van der Waals surface area contributed by atoms with Crippen LogP contribution >= 0.6 is 0 Å². The molecule has 1 fully saturated rings. The molecule has 0 aromatic heterocycles. The van der Waals surface area contributed by atoms with Crippen LogP contribution in [0.2, 0.25) is 0 Å². The fraction of sp³-hybridized carbons (Fsp3) is 0.318. The molecule has 0 radical (unpaired) electrons. The molecule has 0 aliphatic carbocycles. The Labute approximate surface area is 164 Å². The number of carboxylic acids is 1. The minimum atomic E-state index is -0.976. The molecule has 1 aliphatic rings. The topological polar surface area (TPSA) is 86.7 Å². The standard InChI is InChI=1S/C22H24N2O4/c1-15-8-10-16(11-9-15)13-20(25)23-18-6-4-5-17(14-18)21(26)24-12-3-2-7-19(24)22(27)28/h4-6,8-11,14,19H,2-3,7,12-13H2,1H3,(H,23,25)(H,27,28). The van der Waals surface area contributed by atoms with E-state index in [-0.39, 0.29) is 18.2 Å². The van der Waals surface area contributed by atoms with Gasteiger partial charge in [-0.2, -0.15) is 0 Å². The van der Waals surface area contributed by atoms with Gasteiger partial charge in [-0.15, -0.1) is 0 Å². The van der Waals surface area contributed by atoms with Gasteiger partial charge in [0, 0.05) is 17.8 Å². The van der Waals surface area contributed by atoms with Crippen molar-refractivity contribution in [1.82, 2.24) is 4.90 Å². The lowest BCUT2D eigenvalue weighted by atomic mass is 10.0. The second kappa shape index (κ2) is 8.69. The summed E-state index contributed by atoms with van der Waals surface area (Å²) in [6.07, 6.45) is 2.30. The first kappa shape index (κ1) is 19.6. The monoisotopic (exact) mass is 380 g/mol. The molecule has 2 aromatic rings. The van der Waals surface area contributed by atoms with Crippen molar-refractivity contribution in [3.8, 4) is 0 Å². The van der Waals surface area contributed by atoms with Crippen LogP contribution in [0.5, 0.6) is 0 Å². The first-order chi connectivity index (χ1) is 13.4. The number of hydrogen-bond acceptors (Lipinski definition) is 3. The number of carbonyl (C=O) groups is 3. The number of benzene rings is 2. The highest BCUT2D eigenvalue weighted by molar-refractivity contribution is 5.99. The molecular formula is C22H24N2O4. The van der Waals surface area contributed by atoms with Crippen molar-refractivity contribution >= 4 is 23.5 Å². The molecule has 28 heavy (non-hydrogen) atoms. The molecule has 2 amide bonds. The van der Waals surface area contributed by atoms with E-state index in [9.17, 15) is 19.5 Å².